The number of methoxy groups -OCH3 is 1. The Bertz CT molecular complexity index is 1290. The lowest BCUT2D eigenvalue weighted by Crippen LogP contribution is -2.32. The maximum Gasteiger partial charge on any atom is 0.249 e. The summed E-state index contributed by atoms with van der Waals surface area (Å²) in [6.07, 6.45) is 5.81. The van der Waals surface area contributed by atoms with Crippen LogP contribution in [0.5, 0.6) is 5.75 Å². The number of aromatic amines is 1. The maximum absolute atomic E-state index is 13.0. The van der Waals surface area contributed by atoms with Gasteiger partial charge in [-0.2, -0.15) is 0 Å². The topological polar surface area (TPSA) is 92.2 Å². The number of ether oxygens (including phenoxy) is 1. The summed E-state index contributed by atoms with van der Waals surface area (Å²) in [5.74, 6) is 0.622. The van der Waals surface area contributed by atoms with Crippen LogP contribution >= 0.6 is 0 Å². The highest BCUT2D eigenvalue weighted by Crippen LogP contribution is 2.25. The van der Waals surface area contributed by atoms with Crippen LogP contribution in [0.25, 0.3) is 10.9 Å². The van der Waals surface area contributed by atoms with Gasteiger partial charge in [-0.25, -0.2) is 4.98 Å². The highest BCUT2D eigenvalue weighted by Gasteiger charge is 2.25. The van der Waals surface area contributed by atoms with E-state index < -0.39 is 6.04 Å². The molecule has 176 valence electrons. The summed E-state index contributed by atoms with van der Waals surface area (Å²) in [6, 6.07) is 14.8. The standard InChI is InChI=1S/C26H29N5O3/c1-17(13-19-14-27-22-8-6-5-7-21(19)22)25(32)29-23-15-31(16-28-23)24(26(33)30(2)3)18-9-11-20(34-4)12-10-18/h5-12,14-17,24,27H,13H2,1-4H3,(H,29,32). The molecule has 2 aromatic heterocycles. The quantitative estimate of drug-likeness (QED) is 0.418. The van der Waals surface area contributed by atoms with Crippen molar-refractivity contribution in [3.05, 3.63) is 78.4 Å². The fourth-order valence-corrected chi connectivity index (χ4v) is 3.99. The number of rotatable bonds is 8. The van der Waals surface area contributed by atoms with Gasteiger partial charge < -0.3 is 24.5 Å². The van der Waals surface area contributed by atoms with Crippen molar-refractivity contribution < 1.29 is 14.3 Å². The zero-order valence-electron chi connectivity index (χ0n) is 19.8. The largest absolute Gasteiger partial charge is 0.497 e. The molecular weight excluding hydrogens is 430 g/mol. The van der Waals surface area contributed by atoms with Crippen LogP contribution in [0.4, 0.5) is 5.82 Å². The number of amides is 2. The second kappa shape index (κ2) is 9.82. The smallest absolute Gasteiger partial charge is 0.249 e. The molecule has 2 atom stereocenters. The van der Waals surface area contributed by atoms with Crippen LogP contribution in [0.1, 0.15) is 24.1 Å². The van der Waals surface area contributed by atoms with Gasteiger partial charge in [-0.3, -0.25) is 9.59 Å². The lowest BCUT2D eigenvalue weighted by atomic mass is 10.00. The van der Waals surface area contributed by atoms with E-state index in [0.29, 0.717) is 18.0 Å². The molecule has 0 saturated carbocycles. The van der Waals surface area contributed by atoms with Crippen LogP contribution in [0.2, 0.25) is 0 Å². The van der Waals surface area contributed by atoms with Gasteiger partial charge in [0.05, 0.1) is 13.4 Å². The highest BCUT2D eigenvalue weighted by molar-refractivity contribution is 5.92. The van der Waals surface area contributed by atoms with Crippen LogP contribution in [0.15, 0.2) is 67.3 Å². The minimum absolute atomic E-state index is 0.104. The van der Waals surface area contributed by atoms with Crippen molar-refractivity contribution in [3.63, 3.8) is 0 Å². The van der Waals surface area contributed by atoms with Gasteiger partial charge >= 0.3 is 0 Å². The van der Waals surface area contributed by atoms with Crippen LogP contribution in [0, 0.1) is 5.92 Å². The van der Waals surface area contributed by atoms with Crippen molar-refractivity contribution in [1.29, 1.82) is 0 Å². The van der Waals surface area contributed by atoms with Gasteiger partial charge in [-0.05, 0) is 35.7 Å². The van der Waals surface area contributed by atoms with Crippen molar-refractivity contribution >= 4 is 28.5 Å². The van der Waals surface area contributed by atoms with E-state index in [4.69, 9.17) is 4.74 Å². The van der Waals surface area contributed by atoms with E-state index in [0.717, 1.165) is 22.0 Å². The molecule has 0 radical (unpaired) electrons. The first kappa shape index (κ1) is 23.1. The molecular formula is C26H29N5O3. The number of aromatic nitrogens is 3. The third kappa shape index (κ3) is 4.80. The number of fused-ring (bicyclic) bond motifs is 1. The molecule has 2 heterocycles. The van der Waals surface area contributed by atoms with Gasteiger partial charge in [0.1, 0.15) is 11.8 Å². The van der Waals surface area contributed by atoms with E-state index >= 15 is 0 Å². The number of para-hydroxylation sites is 1. The lowest BCUT2D eigenvalue weighted by Gasteiger charge is -2.22. The van der Waals surface area contributed by atoms with E-state index in [1.165, 1.54) is 4.90 Å². The number of imidazole rings is 1. The molecule has 0 aliphatic carbocycles. The Labute approximate surface area is 198 Å². The lowest BCUT2D eigenvalue weighted by molar-refractivity contribution is -0.131. The molecule has 2 unspecified atom stereocenters. The van der Waals surface area contributed by atoms with E-state index in [9.17, 15) is 9.59 Å². The second-order valence-corrected chi connectivity index (χ2v) is 8.57. The minimum atomic E-state index is -0.609. The Kier molecular flexibility index (Phi) is 6.67. The molecule has 0 aliphatic heterocycles. The van der Waals surface area contributed by atoms with Gasteiger partial charge in [0, 0.05) is 43.3 Å². The SMILES string of the molecule is COc1ccc(C(C(=O)N(C)C)n2cnc(NC(=O)C(C)Cc3c[nH]c4ccccc34)c2)cc1. The predicted molar refractivity (Wildman–Crippen MR) is 132 cm³/mol. The second-order valence-electron chi connectivity index (χ2n) is 8.57. The predicted octanol–water partition coefficient (Wildman–Crippen LogP) is 3.87. The summed E-state index contributed by atoms with van der Waals surface area (Å²) in [5, 5.41) is 4.01. The number of carbonyl (C=O) groups excluding carboxylic acids is 2. The molecule has 8 heteroatoms. The monoisotopic (exact) mass is 459 g/mol. The van der Waals surface area contributed by atoms with Gasteiger partial charge in [-0.1, -0.05) is 37.3 Å². The number of likely N-dealkylation sites (N-methyl/N-ethyl adjacent to an activating group) is 1. The first-order chi connectivity index (χ1) is 16.4. The number of nitrogens with one attached hydrogen (secondary N) is 2. The Morgan fingerprint density at radius 3 is 2.59 bits per heavy atom. The van der Waals surface area contributed by atoms with Crippen molar-refractivity contribution in [2.24, 2.45) is 5.92 Å². The fourth-order valence-electron chi connectivity index (χ4n) is 3.99. The molecule has 2 amide bonds. The summed E-state index contributed by atoms with van der Waals surface area (Å²) < 4.78 is 6.94. The third-order valence-corrected chi connectivity index (χ3v) is 5.91. The van der Waals surface area contributed by atoms with E-state index in [-0.39, 0.29) is 17.7 Å². The first-order valence-corrected chi connectivity index (χ1v) is 11.1. The molecule has 0 bridgehead atoms. The van der Waals surface area contributed by atoms with Crippen molar-refractivity contribution in [1.82, 2.24) is 19.4 Å². The van der Waals surface area contributed by atoms with Gasteiger partial charge in [0.15, 0.2) is 5.82 Å². The van der Waals surface area contributed by atoms with Crippen LogP contribution in [-0.2, 0) is 16.0 Å². The van der Waals surface area contributed by atoms with E-state index in [1.54, 1.807) is 38.3 Å². The third-order valence-electron chi connectivity index (χ3n) is 5.91. The van der Waals surface area contributed by atoms with Gasteiger partial charge in [0.2, 0.25) is 11.8 Å². The average Bonchev–Trinajstić information content (AvgIpc) is 3.47. The van der Waals surface area contributed by atoms with Crippen molar-refractivity contribution in [2.75, 3.05) is 26.5 Å². The minimum Gasteiger partial charge on any atom is -0.497 e. The molecule has 34 heavy (non-hydrogen) atoms. The van der Waals surface area contributed by atoms with E-state index in [1.807, 2.05) is 55.6 Å². The summed E-state index contributed by atoms with van der Waals surface area (Å²) in [5.41, 5.74) is 2.95. The number of nitrogens with zero attached hydrogens (tertiary/aromatic N) is 3. The summed E-state index contributed by atoms with van der Waals surface area (Å²) in [7, 11) is 5.03. The number of anilines is 1. The zero-order chi connectivity index (χ0) is 24.2. The Balaban J connectivity index is 1.49. The molecule has 4 rings (SSSR count). The van der Waals surface area contributed by atoms with Gasteiger partial charge in [-0.15, -0.1) is 0 Å². The highest BCUT2D eigenvalue weighted by atomic mass is 16.5. The molecule has 0 fully saturated rings. The number of hydrogen-bond acceptors (Lipinski definition) is 4. The molecule has 2 N–H and O–H groups in total. The molecule has 0 saturated heterocycles. The number of H-pyrrole nitrogens is 1. The Morgan fingerprint density at radius 1 is 1.15 bits per heavy atom. The number of hydrogen-bond donors (Lipinski definition) is 2. The van der Waals surface area contributed by atoms with Crippen molar-refractivity contribution in [2.45, 2.75) is 19.4 Å². The molecule has 0 aliphatic rings. The fraction of sp³-hybridized carbons (Fsp3) is 0.269. The number of carbonyl (C=O) groups is 2. The van der Waals surface area contributed by atoms with Crippen LogP contribution in [-0.4, -0.2) is 52.5 Å². The summed E-state index contributed by atoms with van der Waals surface area (Å²) in [6.45, 7) is 1.89. The normalized spacial score (nSPS) is 12.8. The molecule has 2 aromatic carbocycles. The maximum atomic E-state index is 13.0. The average molecular weight is 460 g/mol. The van der Waals surface area contributed by atoms with Crippen molar-refractivity contribution in [3.8, 4) is 5.75 Å². The van der Waals surface area contributed by atoms with E-state index in [2.05, 4.69) is 21.4 Å². The van der Waals surface area contributed by atoms with Crippen LogP contribution in [0.3, 0.4) is 0 Å². The molecule has 0 spiro atoms. The number of benzene rings is 2. The first-order valence-electron chi connectivity index (χ1n) is 11.1. The summed E-state index contributed by atoms with van der Waals surface area (Å²) >= 11 is 0. The van der Waals surface area contributed by atoms with Crippen LogP contribution < -0.4 is 10.1 Å². The Hall–Kier alpha value is -4.07. The Morgan fingerprint density at radius 2 is 1.88 bits per heavy atom. The summed E-state index contributed by atoms with van der Waals surface area (Å²) in [4.78, 5) is 35.0. The van der Waals surface area contributed by atoms with Gasteiger partial charge in [0.25, 0.3) is 0 Å². The zero-order valence-corrected chi connectivity index (χ0v) is 19.8. The molecule has 4 aromatic rings. The molecule has 8 nitrogen and oxygen atoms in total.